The first-order chi connectivity index (χ1) is 5.83. The van der Waals surface area contributed by atoms with Crippen LogP contribution in [0.1, 0.15) is 5.89 Å². The molecular formula is C6H10N2O4. The smallest absolute Gasteiger partial charge is 0.390 e. The van der Waals surface area contributed by atoms with E-state index in [-0.39, 0.29) is 12.5 Å². The summed E-state index contributed by atoms with van der Waals surface area (Å²) in [6, 6.07) is 0. The van der Waals surface area contributed by atoms with Gasteiger partial charge in [0.2, 0.25) is 5.89 Å². The predicted octanol–water partition coefficient (Wildman–Crippen LogP) is -0.474. The average Bonchev–Trinajstić information content (AvgIpc) is 2.45. The van der Waals surface area contributed by atoms with Crippen molar-refractivity contribution in [2.45, 2.75) is 6.61 Å². The molecule has 0 aromatic carbocycles. The number of hydrogen-bond donors (Lipinski definition) is 1. The van der Waals surface area contributed by atoms with E-state index in [4.69, 9.17) is 9.47 Å². The standard InChI is InChI=1S/C6H10N2O4/c1-10-2-3-11-4-5-7-8-6(9)12-5/h2-4H2,1H3,(H,8,9). The number of hydrogen-bond acceptors (Lipinski definition) is 5. The van der Waals surface area contributed by atoms with E-state index in [1.54, 1.807) is 7.11 Å². The zero-order valence-corrected chi connectivity index (χ0v) is 6.70. The second kappa shape index (κ2) is 4.68. The summed E-state index contributed by atoms with van der Waals surface area (Å²) >= 11 is 0. The zero-order chi connectivity index (χ0) is 8.81. The third-order valence-electron chi connectivity index (χ3n) is 1.14. The van der Waals surface area contributed by atoms with Crippen LogP contribution in [0.4, 0.5) is 0 Å². The van der Waals surface area contributed by atoms with E-state index in [0.717, 1.165) is 0 Å². The Morgan fingerprint density at radius 2 is 2.42 bits per heavy atom. The average molecular weight is 174 g/mol. The van der Waals surface area contributed by atoms with Gasteiger partial charge in [-0.2, -0.15) is 0 Å². The molecule has 1 N–H and O–H groups in total. The molecule has 68 valence electrons. The molecule has 0 aliphatic carbocycles. The van der Waals surface area contributed by atoms with Crippen LogP contribution in [-0.2, 0) is 16.1 Å². The Labute approximate surface area is 68.5 Å². The highest BCUT2D eigenvalue weighted by Gasteiger charge is 1.99. The van der Waals surface area contributed by atoms with Crippen molar-refractivity contribution >= 4 is 0 Å². The lowest BCUT2D eigenvalue weighted by atomic mass is 10.7. The van der Waals surface area contributed by atoms with Gasteiger partial charge < -0.3 is 13.9 Å². The van der Waals surface area contributed by atoms with Gasteiger partial charge in [0.05, 0.1) is 13.2 Å². The van der Waals surface area contributed by atoms with Crippen molar-refractivity contribution in [1.82, 2.24) is 10.2 Å². The Bertz CT molecular complexity index is 267. The summed E-state index contributed by atoms with van der Waals surface area (Å²) in [5, 5.41) is 5.67. The molecule has 0 fully saturated rings. The van der Waals surface area contributed by atoms with Gasteiger partial charge >= 0.3 is 5.76 Å². The van der Waals surface area contributed by atoms with E-state index in [1.165, 1.54) is 0 Å². The quantitative estimate of drug-likeness (QED) is 0.610. The van der Waals surface area contributed by atoms with Crippen molar-refractivity contribution in [1.29, 1.82) is 0 Å². The minimum absolute atomic E-state index is 0.183. The number of nitrogens with one attached hydrogen (secondary N) is 1. The van der Waals surface area contributed by atoms with Crippen LogP contribution in [0, 0.1) is 0 Å². The predicted molar refractivity (Wildman–Crippen MR) is 38.7 cm³/mol. The van der Waals surface area contributed by atoms with Gasteiger partial charge in [-0.3, -0.25) is 0 Å². The summed E-state index contributed by atoms with van der Waals surface area (Å²) in [6.07, 6.45) is 0. The molecule has 0 aliphatic rings. The largest absolute Gasteiger partial charge is 0.434 e. The fourth-order valence-electron chi connectivity index (χ4n) is 0.624. The molecule has 1 aromatic rings. The fraction of sp³-hybridized carbons (Fsp3) is 0.667. The van der Waals surface area contributed by atoms with E-state index in [2.05, 4.69) is 14.6 Å². The first kappa shape index (κ1) is 8.95. The van der Waals surface area contributed by atoms with Crippen molar-refractivity contribution in [3.63, 3.8) is 0 Å². The minimum Gasteiger partial charge on any atom is -0.390 e. The van der Waals surface area contributed by atoms with Crippen LogP contribution < -0.4 is 5.76 Å². The van der Waals surface area contributed by atoms with Crippen molar-refractivity contribution in [3.8, 4) is 0 Å². The highest BCUT2D eigenvalue weighted by atomic mass is 16.5. The third kappa shape index (κ3) is 2.85. The molecule has 0 saturated heterocycles. The maximum Gasteiger partial charge on any atom is 0.434 e. The molecule has 1 aromatic heterocycles. The van der Waals surface area contributed by atoms with E-state index < -0.39 is 5.76 Å². The van der Waals surface area contributed by atoms with Gasteiger partial charge in [0.1, 0.15) is 6.61 Å². The number of aromatic nitrogens is 2. The van der Waals surface area contributed by atoms with Gasteiger partial charge in [0.15, 0.2) is 0 Å². The molecule has 1 rings (SSSR count). The normalized spacial score (nSPS) is 10.4. The number of nitrogens with zero attached hydrogens (tertiary/aromatic N) is 1. The summed E-state index contributed by atoms with van der Waals surface area (Å²) in [7, 11) is 1.58. The molecule has 0 radical (unpaired) electrons. The topological polar surface area (TPSA) is 77.4 Å². The molecule has 0 aliphatic heterocycles. The van der Waals surface area contributed by atoms with Gasteiger partial charge in [0, 0.05) is 7.11 Å². The van der Waals surface area contributed by atoms with Crippen LogP contribution in [0.25, 0.3) is 0 Å². The first-order valence-electron chi connectivity index (χ1n) is 3.44. The second-order valence-electron chi connectivity index (χ2n) is 2.05. The fourth-order valence-corrected chi connectivity index (χ4v) is 0.624. The Kier molecular flexibility index (Phi) is 3.49. The van der Waals surface area contributed by atoms with Gasteiger partial charge in [-0.05, 0) is 0 Å². The van der Waals surface area contributed by atoms with Gasteiger partial charge in [-0.25, -0.2) is 9.89 Å². The number of methoxy groups -OCH3 is 1. The van der Waals surface area contributed by atoms with Crippen LogP contribution >= 0.6 is 0 Å². The Hall–Kier alpha value is -1.14. The van der Waals surface area contributed by atoms with Crippen molar-refractivity contribution < 1.29 is 13.9 Å². The summed E-state index contributed by atoms with van der Waals surface area (Å²) in [4.78, 5) is 10.4. The monoisotopic (exact) mass is 174 g/mol. The molecule has 6 nitrogen and oxygen atoms in total. The molecule has 6 heteroatoms. The molecule has 0 saturated carbocycles. The lowest BCUT2D eigenvalue weighted by Gasteiger charge is -1.98. The highest BCUT2D eigenvalue weighted by molar-refractivity contribution is 4.67. The first-order valence-corrected chi connectivity index (χ1v) is 3.44. The number of ether oxygens (including phenoxy) is 2. The van der Waals surface area contributed by atoms with Crippen LogP contribution in [0.2, 0.25) is 0 Å². The van der Waals surface area contributed by atoms with Crippen LogP contribution in [0.15, 0.2) is 9.21 Å². The van der Waals surface area contributed by atoms with Crippen molar-refractivity contribution in [2.24, 2.45) is 0 Å². The van der Waals surface area contributed by atoms with Crippen LogP contribution in [0.5, 0.6) is 0 Å². The van der Waals surface area contributed by atoms with Gasteiger partial charge in [-0.15, -0.1) is 5.10 Å². The van der Waals surface area contributed by atoms with E-state index in [9.17, 15) is 4.79 Å². The Morgan fingerprint density at radius 3 is 3.00 bits per heavy atom. The van der Waals surface area contributed by atoms with Crippen molar-refractivity contribution in [3.05, 3.63) is 16.4 Å². The molecule has 1 heterocycles. The summed E-state index contributed by atoms with van der Waals surface area (Å²) in [5.74, 6) is -0.323. The third-order valence-corrected chi connectivity index (χ3v) is 1.14. The number of rotatable bonds is 5. The summed E-state index contributed by atoms with van der Waals surface area (Å²) in [6.45, 7) is 1.14. The Balaban J connectivity index is 2.20. The SMILES string of the molecule is COCCOCc1n[nH]c(=O)o1. The molecule has 0 bridgehead atoms. The second-order valence-corrected chi connectivity index (χ2v) is 2.05. The minimum atomic E-state index is -0.569. The van der Waals surface area contributed by atoms with Gasteiger partial charge in [0.25, 0.3) is 0 Å². The zero-order valence-electron chi connectivity index (χ0n) is 6.70. The number of aromatic amines is 1. The molecule has 0 spiro atoms. The van der Waals surface area contributed by atoms with Crippen LogP contribution in [-0.4, -0.2) is 30.5 Å². The molecule has 0 unspecified atom stereocenters. The van der Waals surface area contributed by atoms with Crippen molar-refractivity contribution in [2.75, 3.05) is 20.3 Å². The molecular weight excluding hydrogens is 164 g/mol. The highest BCUT2D eigenvalue weighted by Crippen LogP contribution is 1.90. The molecule has 0 amide bonds. The summed E-state index contributed by atoms with van der Waals surface area (Å²) in [5.41, 5.74) is 0. The number of H-pyrrole nitrogens is 1. The van der Waals surface area contributed by atoms with E-state index >= 15 is 0 Å². The summed E-state index contributed by atoms with van der Waals surface area (Å²) < 4.78 is 14.3. The molecule has 12 heavy (non-hydrogen) atoms. The Morgan fingerprint density at radius 1 is 1.58 bits per heavy atom. The van der Waals surface area contributed by atoms with E-state index in [0.29, 0.717) is 13.2 Å². The molecule has 0 atom stereocenters. The van der Waals surface area contributed by atoms with Gasteiger partial charge in [-0.1, -0.05) is 0 Å². The van der Waals surface area contributed by atoms with Crippen LogP contribution in [0.3, 0.4) is 0 Å². The lowest BCUT2D eigenvalue weighted by molar-refractivity contribution is 0.0513. The van der Waals surface area contributed by atoms with E-state index in [1.807, 2.05) is 0 Å². The lowest BCUT2D eigenvalue weighted by Crippen LogP contribution is -2.01. The maximum absolute atomic E-state index is 10.4. The maximum atomic E-state index is 10.4.